The number of carbonyl (C=O) groups excluding carboxylic acids is 1. The quantitative estimate of drug-likeness (QED) is 0.614. The molecule has 1 aromatic carbocycles. The number of nitrogen functional groups attached to an aromatic ring is 1. The van der Waals surface area contributed by atoms with Crippen molar-refractivity contribution in [3.63, 3.8) is 0 Å². The van der Waals surface area contributed by atoms with Crippen LogP contribution in [-0.2, 0) is 0 Å². The van der Waals surface area contributed by atoms with Crippen molar-refractivity contribution in [3.05, 3.63) is 28.8 Å². The first-order valence-electron chi connectivity index (χ1n) is 5.29. The average Bonchev–Trinajstić information content (AvgIpc) is 2.21. The maximum atomic E-state index is 11.7. The lowest BCUT2D eigenvalue weighted by atomic mass is 10.1. The number of ketones is 1. The van der Waals surface area contributed by atoms with Crippen LogP contribution >= 0.6 is 11.6 Å². The molecular weight excluding hydrogens is 224 g/mol. The molecule has 3 nitrogen and oxygen atoms in total. The summed E-state index contributed by atoms with van der Waals surface area (Å²) in [4.78, 5) is 11.7. The lowest BCUT2D eigenvalue weighted by Crippen LogP contribution is -2.26. The summed E-state index contributed by atoms with van der Waals surface area (Å²) in [5.74, 6) is 0.562. The molecule has 0 aliphatic carbocycles. The summed E-state index contributed by atoms with van der Waals surface area (Å²) >= 11 is 5.78. The number of rotatable bonds is 5. The molecule has 0 saturated heterocycles. The van der Waals surface area contributed by atoms with Gasteiger partial charge in [0.1, 0.15) is 0 Å². The summed E-state index contributed by atoms with van der Waals surface area (Å²) in [6.07, 6.45) is 0. The molecule has 0 amide bonds. The third-order valence-corrected chi connectivity index (χ3v) is 2.50. The fourth-order valence-corrected chi connectivity index (χ4v) is 1.41. The molecule has 88 valence electrons. The second-order valence-corrected chi connectivity index (χ2v) is 4.59. The van der Waals surface area contributed by atoms with Crippen molar-refractivity contribution < 1.29 is 4.79 Å². The van der Waals surface area contributed by atoms with Crippen LogP contribution in [0.2, 0.25) is 5.02 Å². The van der Waals surface area contributed by atoms with Crippen LogP contribution in [0.1, 0.15) is 24.2 Å². The Morgan fingerprint density at radius 2 is 2.19 bits per heavy atom. The van der Waals surface area contributed by atoms with Crippen molar-refractivity contribution in [2.75, 3.05) is 18.8 Å². The minimum Gasteiger partial charge on any atom is -0.398 e. The SMILES string of the molecule is CC(C)CNCC(=O)c1ccc(Cl)c(N)c1. The monoisotopic (exact) mass is 240 g/mol. The van der Waals surface area contributed by atoms with Gasteiger partial charge in [0, 0.05) is 5.56 Å². The summed E-state index contributed by atoms with van der Waals surface area (Å²) in [6, 6.07) is 4.95. The molecule has 0 bridgehead atoms. The molecule has 0 saturated carbocycles. The second-order valence-electron chi connectivity index (χ2n) is 4.18. The molecule has 1 rings (SSSR count). The Morgan fingerprint density at radius 3 is 2.75 bits per heavy atom. The fraction of sp³-hybridized carbons (Fsp3) is 0.417. The van der Waals surface area contributed by atoms with Crippen LogP contribution in [0.25, 0.3) is 0 Å². The van der Waals surface area contributed by atoms with E-state index in [1.165, 1.54) is 0 Å². The van der Waals surface area contributed by atoms with Crippen molar-refractivity contribution in [1.82, 2.24) is 5.32 Å². The van der Waals surface area contributed by atoms with E-state index >= 15 is 0 Å². The number of hydrogen-bond acceptors (Lipinski definition) is 3. The van der Waals surface area contributed by atoms with Crippen LogP contribution in [0.15, 0.2) is 18.2 Å². The second kappa shape index (κ2) is 5.87. The first-order chi connectivity index (χ1) is 7.50. The van der Waals surface area contributed by atoms with Crippen molar-refractivity contribution in [1.29, 1.82) is 0 Å². The molecular formula is C12H17ClN2O. The Kier molecular flexibility index (Phi) is 4.77. The van der Waals surface area contributed by atoms with Crippen LogP contribution in [0, 0.1) is 5.92 Å². The van der Waals surface area contributed by atoms with Crippen molar-refractivity contribution in [2.24, 2.45) is 5.92 Å². The molecule has 1 aromatic rings. The Hall–Kier alpha value is -1.06. The minimum atomic E-state index is 0.0315. The summed E-state index contributed by atoms with van der Waals surface area (Å²) in [7, 11) is 0. The van der Waals surface area contributed by atoms with Gasteiger partial charge in [0.2, 0.25) is 0 Å². The molecule has 0 spiro atoms. The Morgan fingerprint density at radius 1 is 1.50 bits per heavy atom. The predicted molar refractivity (Wildman–Crippen MR) is 67.9 cm³/mol. The topological polar surface area (TPSA) is 55.1 Å². The largest absolute Gasteiger partial charge is 0.398 e. The molecule has 0 radical (unpaired) electrons. The first-order valence-corrected chi connectivity index (χ1v) is 5.67. The zero-order valence-electron chi connectivity index (χ0n) is 9.59. The number of hydrogen-bond donors (Lipinski definition) is 2. The third-order valence-electron chi connectivity index (χ3n) is 2.16. The highest BCUT2D eigenvalue weighted by Gasteiger charge is 2.07. The van der Waals surface area contributed by atoms with E-state index in [0.29, 0.717) is 28.7 Å². The van der Waals surface area contributed by atoms with E-state index in [2.05, 4.69) is 19.2 Å². The molecule has 3 N–H and O–H groups in total. The number of nitrogens with two attached hydrogens (primary N) is 1. The van der Waals surface area contributed by atoms with E-state index < -0.39 is 0 Å². The molecule has 0 atom stereocenters. The lowest BCUT2D eigenvalue weighted by molar-refractivity contribution is 0.0990. The standard InChI is InChI=1S/C12H17ClN2O/c1-8(2)6-15-7-12(16)9-3-4-10(13)11(14)5-9/h3-5,8,15H,6-7,14H2,1-2H3. The molecule has 0 heterocycles. The van der Waals surface area contributed by atoms with Gasteiger partial charge in [-0.05, 0) is 30.7 Å². The first kappa shape index (κ1) is 13.0. The van der Waals surface area contributed by atoms with Gasteiger partial charge in [-0.3, -0.25) is 4.79 Å². The molecule has 4 heteroatoms. The van der Waals surface area contributed by atoms with Crippen molar-refractivity contribution >= 4 is 23.1 Å². The molecule has 0 aliphatic heterocycles. The smallest absolute Gasteiger partial charge is 0.176 e. The number of halogens is 1. The maximum absolute atomic E-state index is 11.7. The predicted octanol–water partition coefficient (Wildman–Crippen LogP) is 2.35. The lowest BCUT2D eigenvalue weighted by Gasteiger charge is -2.07. The van der Waals surface area contributed by atoms with Gasteiger partial charge in [-0.15, -0.1) is 0 Å². The molecule has 16 heavy (non-hydrogen) atoms. The molecule has 0 aliphatic rings. The summed E-state index contributed by atoms with van der Waals surface area (Å²) in [6.45, 7) is 5.35. The van der Waals surface area contributed by atoms with Gasteiger partial charge in [-0.25, -0.2) is 0 Å². The van der Waals surface area contributed by atoms with Crippen LogP contribution in [-0.4, -0.2) is 18.9 Å². The summed E-state index contributed by atoms with van der Waals surface area (Å²) in [5.41, 5.74) is 6.67. The van der Waals surface area contributed by atoms with Crippen molar-refractivity contribution in [3.8, 4) is 0 Å². The Balaban J connectivity index is 2.56. The number of nitrogens with one attached hydrogen (secondary N) is 1. The average molecular weight is 241 g/mol. The normalized spacial score (nSPS) is 10.8. The van der Waals surface area contributed by atoms with Gasteiger partial charge < -0.3 is 11.1 Å². The van der Waals surface area contributed by atoms with E-state index in [0.717, 1.165) is 6.54 Å². The van der Waals surface area contributed by atoms with E-state index in [9.17, 15) is 4.79 Å². The molecule has 0 aromatic heterocycles. The third kappa shape index (κ3) is 3.83. The van der Waals surface area contributed by atoms with Gasteiger partial charge in [-0.1, -0.05) is 25.4 Å². The maximum Gasteiger partial charge on any atom is 0.176 e. The van der Waals surface area contributed by atoms with Gasteiger partial charge in [0.25, 0.3) is 0 Å². The zero-order chi connectivity index (χ0) is 12.1. The summed E-state index contributed by atoms with van der Waals surface area (Å²) < 4.78 is 0. The van der Waals surface area contributed by atoms with Crippen LogP contribution in [0.4, 0.5) is 5.69 Å². The van der Waals surface area contributed by atoms with Gasteiger partial charge in [-0.2, -0.15) is 0 Å². The van der Waals surface area contributed by atoms with Gasteiger partial charge >= 0.3 is 0 Å². The fourth-order valence-electron chi connectivity index (χ4n) is 1.29. The Labute approximate surface area is 101 Å². The van der Waals surface area contributed by atoms with Gasteiger partial charge in [0.05, 0.1) is 17.3 Å². The van der Waals surface area contributed by atoms with E-state index in [4.69, 9.17) is 17.3 Å². The van der Waals surface area contributed by atoms with Crippen LogP contribution in [0.5, 0.6) is 0 Å². The highest BCUT2D eigenvalue weighted by Crippen LogP contribution is 2.19. The number of anilines is 1. The van der Waals surface area contributed by atoms with Crippen LogP contribution in [0.3, 0.4) is 0 Å². The minimum absolute atomic E-state index is 0.0315. The number of benzene rings is 1. The highest BCUT2D eigenvalue weighted by molar-refractivity contribution is 6.33. The molecule has 0 fully saturated rings. The zero-order valence-corrected chi connectivity index (χ0v) is 10.3. The van der Waals surface area contributed by atoms with Crippen LogP contribution < -0.4 is 11.1 Å². The van der Waals surface area contributed by atoms with E-state index in [1.807, 2.05) is 0 Å². The highest BCUT2D eigenvalue weighted by atomic mass is 35.5. The van der Waals surface area contributed by atoms with Gasteiger partial charge in [0.15, 0.2) is 5.78 Å². The van der Waals surface area contributed by atoms with E-state index in [-0.39, 0.29) is 5.78 Å². The Bertz CT molecular complexity index is 377. The number of carbonyl (C=O) groups is 1. The van der Waals surface area contributed by atoms with Crippen molar-refractivity contribution in [2.45, 2.75) is 13.8 Å². The number of Topliss-reactive ketones (excluding diaryl/α,β-unsaturated/α-hetero) is 1. The summed E-state index contributed by atoms with van der Waals surface area (Å²) in [5, 5.41) is 3.57. The molecule has 0 unspecified atom stereocenters. The van der Waals surface area contributed by atoms with E-state index in [1.54, 1.807) is 18.2 Å².